The van der Waals surface area contributed by atoms with Crippen molar-refractivity contribution >= 4 is 0 Å². The SMILES string of the molecule is CC(C)C(c1ccc(C(c2ccc(C(C(C)C)C(C)C)cc2)C2CCCN2)cc1)C(C)C. The van der Waals surface area contributed by atoms with E-state index in [-0.39, 0.29) is 0 Å². The molecule has 1 heteroatoms. The molecule has 0 aromatic heterocycles. The van der Waals surface area contributed by atoms with Gasteiger partial charge in [-0.05, 0) is 77.1 Å². The highest BCUT2D eigenvalue weighted by molar-refractivity contribution is 5.39. The minimum atomic E-state index is 0.425. The van der Waals surface area contributed by atoms with E-state index in [2.05, 4.69) is 109 Å². The van der Waals surface area contributed by atoms with Crippen LogP contribution in [0, 0.1) is 23.7 Å². The monoisotopic (exact) mass is 433 g/mol. The minimum Gasteiger partial charge on any atom is -0.313 e. The molecule has 2 aromatic carbocycles. The van der Waals surface area contributed by atoms with Gasteiger partial charge in [0, 0.05) is 12.0 Å². The molecular formula is C31H47N. The highest BCUT2D eigenvalue weighted by Gasteiger charge is 2.29. The van der Waals surface area contributed by atoms with Gasteiger partial charge in [0.05, 0.1) is 0 Å². The lowest BCUT2D eigenvalue weighted by molar-refractivity contribution is 0.387. The van der Waals surface area contributed by atoms with E-state index in [1.54, 1.807) is 0 Å². The smallest absolute Gasteiger partial charge is 0.0243 e. The van der Waals surface area contributed by atoms with Gasteiger partial charge in [0.15, 0.2) is 0 Å². The Hall–Kier alpha value is -1.60. The number of hydrogen-bond donors (Lipinski definition) is 1. The van der Waals surface area contributed by atoms with Gasteiger partial charge in [0.2, 0.25) is 0 Å². The molecule has 0 aliphatic carbocycles. The van der Waals surface area contributed by atoms with Crippen molar-refractivity contribution in [3.05, 3.63) is 70.8 Å². The zero-order valence-electron chi connectivity index (χ0n) is 21.9. The Morgan fingerprint density at radius 2 is 0.906 bits per heavy atom. The van der Waals surface area contributed by atoms with Gasteiger partial charge >= 0.3 is 0 Å². The first kappa shape index (κ1) is 25.0. The summed E-state index contributed by atoms with van der Waals surface area (Å²) in [5, 5.41) is 3.80. The molecule has 0 bridgehead atoms. The second-order valence-corrected chi connectivity index (χ2v) is 11.5. The maximum absolute atomic E-state index is 3.80. The van der Waals surface area contributed by atoms with Crippen LogP contribution >= 0.6 is 0 Å². The second-order valence-electron chi connectivity index (χ2n) is 11.5. The summed E-state index contributed by atoms with van der Waals surface area (Å²) in [5.41, 5.74) is 5.89. The van der Waals surface area contributed by atoms with E-state index in [1.807, 2.05) is 0 Å². The van der Waals surface area contributed by atoms with E-state index in [0.29, 0.717) is 47.5 Å². The Bertz CT molecular complexity index is 727. The molecule has 1 atom stereocenters. The molecule has 1 heterocycles. The lowest BCUT2D eigenvalue weighted by atomic mass is 9.77. The number of hydrogen-bond acceptors (Lipinski definition) is 1. The van der Waals surface area contributed by atoms with E-state index in [9.17, 15) is 0 Å². The van der Waals surface area contributed by atoms with Gasteiger partial charge in [0.1, 0.15) is 0 Å². The summed E-state index contributed by atoms with van der Waals surface area (Å²) in [6.45, 7) is 20.0. The maximum atomic E-state index is 3.80. The average Bonchev–Trinajstić information content (AvgIpc) is 3.24. The van der Waals surface area contributed by atoms with Crippen molar-refractivity contribution in [1.29, 1.82) is 0 Å². The van der Waals surface area contributed by atoms with Gasteiger partial charge in [-0.15, -0.1) is 0 Å². The van der Waals surface area contributed by atoms with Gasteiger partial charge in [-0.3, -0.25) is 0 Å². The predicted molar refractivity (Wildman–Crippen MR) is 141 cm³/mol. The lowest BCUT2D eigenvalue weighted by Gasteiger charge is -2.29. The van der Waals surface area contributed by atoms with Crippen LogP contribution in [-0.4, -0.2) is 12.6 Å². The zero-order chi connectivity index (χ0) is 23.4. The first-order valence-electron chi connectivity index (χ1n) is 13.1. The van der Waals surface area contributed by atoms with Crippen molar-refractivity contribution in [3.63, 3.8) is 0 Å². The van der Waals surface area contributed by atoms with Crippen LogP contribution in [0.3, 0.4) is 0 Å². The summed E-state index contributed by atoms with van der Waals surface area (Å²) in [6.07, 6.45) is 2.54. The van der Waals surface area contributed by atoms with Gasteiger partial charge in [-0.25, -0.2) is 0 Å². The van der Waals surface area contributed by atoms with E-state index >= 15 is 0 Å². The van der Waals surface area contributed by atoms with Crippen molar-refractivity contribution in [2.75, 3.05) is 6.54 Å². The largest absolute Gasteiger partial charge is 0.313 e. The molecule has 1 fully saturated rings. The van der Waals surface area contributed by atoms with Crippen molar-refractivity contribution in [3.8, 4) is 0 Å². The molecular weight excluding hydrogens is 386 g/mol. The molecule has 1 N–H and O–H groups in total. The number of benzene rings is 2. The average molecular weight is 434 g/mol. The summed E-state index contributed by atoms with van der Waals surface area (Å²) < 4.78 is 0. The van der Waals surface area contributed by atoms with Crippen LogP contribution < -0.4 is 5.32 Å². The van der Waals surface area contributed by atoms with E-state index in [4.69, 9.17) is 0 Å². The third-order valence-corrected chi connectivity index (χ3v) is 7.73. The van der Waals surface area contributed by atoms with Crippen molar-refractivity contribution in [1.82, 2.24) is 5.32 Å². The third-order valence-electron chi connectivity index (χ3n) is 7.73. The molecule has 0 spiro atoms. The first-order chi connectivity index (χ1) is 15.2. The quantitative estimate of drug-likeness (QED) is 0.419. The molecule has 0 radical (unpaired) electrons. The molecule has 1 nitrogen and oxygen atoms in total. The molecule has 0 saturated carbocycles. The minimum absolute atomic E-state index is 0.425. The third kappa shape index (κ3) is 5.66. The fourth-order valence-corrected chi connectivity index (χ4v) is 6.58. The van der Waals surface area contributed by atoms with Gasteiger partial charge < -0.3 is 5.32 Å². The topological polar surface area (TPSA) is 12.0 Å². The molecule has 1 aliphatic rings. The van der Waals surface area contributed by atoms with Crippen molar-refractivity contribution < 1.29 is 0 Å². The molecule has 3 rings (SSSR count). The fraction of sp³-hybridized carbons (Fsp3) is 0.613. The lowest BCUT2D eigenvalue weighted by Crippen LogP contribution is -2.29. The van der Waals surface area contributed by atoms with Crippen LogP contribution in [0.15, 0.2) is 48.5 Å². The van der Waals surface area contributed by atoms with E-state index in [1.165, 1.54) is 35.1 Å². The van der Waals surface area contributed by atoms with Crippen LogP contribution in [-0.2, 0) is 0 Å². The summed E-state index contributed by atoms with van der Waals surface area (Å²) in [6, 6.07) is 19.8. The molecule has 1 aliphatic heterocycles. The standard InChI is InChI=1S/C31H47N/c1-20(2)29(21(3)4)24-11-15-26(16-12-24)31(28-10-9-19-32-28)27-17-13-25(14-18-27)30(22(5)6)23(7)8/h11-18,20-23,28-32H,9-10,19H2,1-8H3. The van der Waals surface area contributed by atoms with Crippen LogP contribution in [0.25, 0.3) is 0 Å². The first-order valence-corrected chi connectivity index (χ1v) is 13.1. The van der Waals surface area contributed by atoms with Gasteiger partial charge in [0.25, 0.3) is 0 Å². The second kappa shape index (κ2) is 11.0. The number of nitrogens with one attached hydrogen (secondary N) is 1. The Balaban J connectivity index is 1.93. The molecule has 32 heavy (non-hydrogen) atoms. The Morgan fingerprint density at radius 3 is 1.19 bits per heavy atom. The number of rotatable bonds is 9. The molecule has 2 aromatic rings. The Labute approximate surface area is 198 Å². The van der Waals surface area contributed by atoms with Gasteiger partial charge in [-0.2, -0.15) is 0 Å². The molecule has 176 valence electrons. The summed E-state index contributed by atoms with van der Waals surface area (Å²) in [4.78, 5) is 0. The van der Waals surface area contributed by atoms with Crippen LogP contribution in [0.1, 0.15) is 108 Å². The van der Waals surface area contributed by atoms with Crippen LogP contribution in [0.4, 0.5) is 0 Å². The predicted octanol–water partition coefficient (Wildman–Crippen LogP) is 8.36. The molecule has 0 amide bonds. The van der Waals surface area contributed by atoms with E-state index in [0.717, 1.165) is 6.54 Å². The van der Waals surface area contributed by atoms with Crippen molar-refractivity contribution in [2.45, 2.75) is 92.0 Å². The normalized spacial score (nSPS) is 17.3. The van der Waals surface area contributed by atoms with E-state index < -0.39 is 0 Å². The highest BCUT2D eigenvalue weighted by atomic mass is 14.9. The summed E-state index contributed by atoms with van der Waals surface area (Å²) in [5.74, 6) is 4.32. The Kier molecular flexibility index (Phi) is 8.62. The fourth-order valence-electron chi connectivity index (χ4n) is 6.58. The van der Waals surface area contributed by atoms with Gasteiger partial charge in [-0.1, -0.05) is 104 Å². The summed E-state index contributed by atoms with van der Waals surface area (Å²) >= 11 is 0. The summed E-state index contributed by atoms with van der Waals surface area (Å²) in [7, 11) is 0. The van der Waals surface area contributed by atoms with Crippen molar-refractivity contribution in [2.24, 2.45) is 23.7 Å². The zero-order valence-corrected chi connectivity index (χ0v) is 21.9. The Morgan fingerprint density at radius 1 is 0.562 bits per heavy atom. The highest BCUT2D eigenvalue weighted by Crippen LogP contribution is 2.37. The van der Waals surface area contributed by atoms with Crippen LogP contribution in [0.2, 0.25) is 0 Å². The van der Waals surface area contributed by atoms with Crippen LogP contribution in [0.5, 0.6) is 0 Å². The molecule has 1 saturated heterocycles. The maximum Gasteiger partial charge on any atom is 0.0243 e. The molecule has 1 unspecified atom stereocenters.